The molecule has 0 aliphatic carbocycles. The highest BCUT2D eigenvalue weighted by Crippen LogP contribution is 2.43. The molecular weight excluding hydrogens is 296 g/mol. The first kappa shape index (κ1) is 20.2. The number of hydrogen-bond acceptors (Lipinski definition) is 3. The standard InChI is InChI=1S/C21H42N2O/c1-17(2)6-9-21(11-15-24-20(16-21)18(3)4)10-12-22-19-7-13-23(5)14-8-19/h17-20,22H,6-16H2,1-5H3/t20-,21+/m1/s1. The Hall–Kier alpha value is -0.120. The first-order chi connectivity index (χ1) is 11.4. The van der Waals surface area contributed by atoms with E-state index in [2.05, 4.69) is 45.0 Å². The average Bonchev–Trinajstić information content (AvgIpc) is 2.55. The zero-order valence-electron chi connectivity index (χ0n) is 16.9. The summed E-state index contributed by atoms with van der Waals surface area (Å²) in [5, 5.41) is 3.88. The maximum absolute atomic E-state index is 6.08. The summed E-state index contributed by atoms with van der Waals surface area (Å²) in [7, 11) is 2.24. The third kappa shape index (κ3) is 6.31. The van der Waals surface area contributed by atoms with Crippen LogP contribution in [0.25, 0.3) is 0 Å². The van der Waals surface area contributed by atoms with Crippen molar-refractivity contribution in [2.24, 2.45) is 17.3 Å². The summed E-state index contributed by atoms with van der Waals surface area (Å²) in [5.74, 6) is 1.45. The Labute approximate surface area is 150 Å². The number of ether oxygens (including phenoxy) is 1. The molecule has 0 aromatic rings. The van der Waals surface area contributed by atoms with E-state index in [0.717, 1.165) is 18.6 Å². The van der Waals surface area contributed by atoms with Crippen LogP contribution in [0.3, 0.4) is 0 Å². The minimum Gasteiger partial charge on any atom is -0.378 e. The van der Waals surface area contributed by atoms with Gasteiger partial charge in [-0.1, -0.05) is 34.1 Å². The van der Waals surface area contributed by atoms with Crippen LogP contribution in [0.4, 0.5) is 0 Å². The molecule has 2 aliphatic heterocycles. The van der Waals surface area contributed by atoms with Gasteiger partial charge in [0.25, 0.3) is 0 Å². The predicted octanol–water partition coefficient (Wildman–Crippen LogP) is 4.32. The van der Waals surface area contributed by atoms with Gasteiger partial charge in [-0.25, -0.2) is 0 Å². The molecular formula is C21H42N2O. The number of likely N-dealkylation sites (tertiary alicyclic amines) is 1. The molecule has 0 spiro atoms. The summed E-state index contributed by atoms with van der Waals surface area (Å²) in [6.07, 6.45) is 9.70. The number of nitrogens with one attached hydrogen (secondary N) is 1. The fraction of sp³-hybridized carbons (Fsp3) is 1.00. The molecule has 142 valence electrons. The van der Waals surface area contributed by atoms with Crippen molar-refractivity contribution in [3.05, 3.63) is 0 Å². The van der Waals surface area contributed by atoms with Crippen LogP contribution in [0.1, 0.15) is 72.6 Å². The fourth-order valence-electron chi connectivity index (χ4n) is 4.37. The van der Waals surface area contributed by atoms with Crippen LogP contribution in [0.2, 0.25) is 0 Å². The lowest BCUT2D eigenvalue weighted by atomic mass is 9.69. The molecule has 3 heteroatoms. The van der Waals surface area contributed by atoms with Crippen molar-refractivity contribution >= 4 is 0 Å². The van der Waals surface area contributed by atoms with E-state index < -0.39 is 0 Å². The van der Waals surface area contributed by atoms with E-state index in [-0.39, 0.29) is 0 Å². The van der Waals surface area contributed by atoms with Crippen molar-refractivity contribution in [3.63, 3.8) is 0 Å². The number of piperidine rings is 1. The van der Waals surface area contributed by atoms with E-state index in [1.165, 1.54) is 64.6 Å². The number of hydrogen-bond donors (Lipinski definition) is 1. The zero-order valence-corrected chi connectivity index (χ0v) is 16.9. The van der Waals surface area contributed by atoms with Crippen LogP contribution in [0.5, 0.6) is 0 Å². The van der Waals surface area contributed by atoms with Gasteiger partial charge in [-0.05, 0) is 82.5 Å². The van der Waals surface area contributed by atoms with E-state index >= 15 is 0 Å². The molecule has 0 saturated carbocycles. The lowest BCUT2D eigenvalue weighted by molar-refractivity contribution is -0.0763. The topological polar surface area (TPSA) is 24.5 Å². The van der Waals surface area contributed by atoms with E-state index in [1.54, 1.807) is 0 Å². The minimum absolute atomic E-state index is 0.467. The normalized spacial score (nSPS) is 30.4. The second-order valence-corrected chi connectivity index (χ2v) is 9.32. The smallest absolute Gasteiger partial charge is 0.0603 e. The van der Waals surface area contributed by atoms with Crippen molar-refractivity contribution in [2.45, 2.75) is 84.8 Å². The van der Waals surface area contributed by atoms with Gasteiger partial charge < -0.3 is 15.0 Å². The Balaban J connectivity index is 1.85. The molecule has 2 saturated heterocycles. The summed E-state index contributed by atoms with van der Waals surface area (Å²) in [6, 6.07) is 0.740. The summed E-state index contributed by atoms with van der Waals surface area (Å²) in [6.45, 7) is 14.0. The number of rotatable bonds is 8. The lowest BCUT2D eigenvalue weighted by Gasteiger charge is -2.43. The van der Waals surface area contributed by atoms with Gasteiger partial charge in [0.1, 0.15) is 0 Å². The highest BCUT2D eigenvalue weighted by atomic mass is 16.5. The van der Waals surface area contributed by atoms with Gasteiger partial charge in [0.2, 0.25) is 0 Å². The molecule has 0 radical (unpaired) electrons. The highest BCUT2D eigenvalue weighted by Gasteiger charge is 2.37. The van der Waals surface area contributed by atoms with Crippen LogP contribution >= 0.6 is 0 Å². The van der Waals surface area contributed by atoms with Gasteiger partial charge in [-0.2, -0.15) is 0 Å². The quantitative estimate of drug-likeness (QED) is 0.713. The molecule has 2 atom stereocenters. The van der Waals surface area contributed by atoms with Crippen LogP contribution in [0.15, 0.2) is 0 Å². The van der Waals surface area contributed by atoms with Gasteiger partial charge in [0, 0.05) is 12.6 Å². The van der Waals surface area contributed by atoms with Crippen LogP contribution < -0.4 is 5.32 Å². The van der Waals surface area contributed by atoms with Crippen molar-refractivity contribution in [3.8, 4) is 0 Å². The second-order valence-electron chi connectivity index (χ2n) is 9.32. The molecule has 0 unspecified atom stereocenters. The summed E-state index contributed by atoms with van der Waals surface area (Å²) in [4.78, 5) is 2.45. The van der Waals surface area contributed by atoms with Crippen LogP contribution in [-0.2, 0) is 4.74 Å². The molecule has 2 heterocycles. The molecule has 1 N–H and O–H groups in total. The van der Waals surface area contributed by atoms with Crippen LogP contribution in [-0.4, -0.2) is 50.3 Å². The summed E-state index contributed by atoms with van der Waals surface area (Å²) < 4.78 is 6.08. The molecule has 0 bridgehead atoms. The monoisotopic (exact) mass is 338 g/mol. The maximum Gasteiger partial charge on any atom is 0.0603 e. The Bertz CT molecular complexity index is 350. The SMILES string of the molecule is CC(C)CC[C@]1(CCNC2CCN(C)CC2)CCO[C@@H](C(C)C)C1. The second kappa shape index (κ2) is 9.54. The first-order valence-electron chi connectivity index (χ1n) is 10.4. The van der Waals surface area contributed by atoms with E-state index in [0.29, 0.717) is 17.4 Å². The van der Waals surface area contributed by atoms with Gasteiger partial charge in [-0.3, -0.25) is 0 Å². The lowest BCUT2D eigenvalue weighted by Crippen LogP contribution is -2.44. The number of nitrogens with zero attached hydrogens (tertiary/aromatic N) is 1. The molecule has 3 nitrogen and oxygen atoms in total. The molecule has 0 aromatic heterocycles. The van der Waals surface area contributed by atoms with E-state index in [4.69, 9.17) is 4.74 Å². The van der Waals surface area contributed by atoms with Crippen molar-refractivity contribution in [2.75, 3.05) is 33.3 Å². The molecule has 24 heavy (non-hydrogen) atoms. The fourth-order valence-corrected chi connectivity index (χ4v) is 4.37. The third-order valence-corrected chi connectivity index (χ3v) is 6.40. The largest absolute Gasteiger partial charge is 0.378 e. The molecule has 0 aromatic carbocycles. The third-order valence-electron chi connectivity index (χ3n) is 6.40. The molecule has 2 aliphatic rings. The molecule has 0 amide bonds. The highest BCUT2D eigenvalue weighted by molar-refractivity contribution is 4.88. The Morgan fingerprint density at radius 3 is 2.46 bits per heavy atom. The Morgan fingerprint density at radius 2 is 1.83 bits per heavy atom. The van der Waals surface area contributed by atoms with Gasteiger partial charge >= 0.3 is 0 Å². The Kier molecular flexibility index (Phi) is 8.03. The van der Waals surface area contributed by atoms with Crippen LogP contribution in [0, 0.1) is 17.3 Å². The molecule has 2 rings (SSSR count). The van der Waals surface area contributed by atoms with Gasteiger partial charge in [0.15, 0.2) is 0 Å². The molecule has 2 fully saturated rings. The predicted molar refractivity (Wildman–Crippen MR) is 103 cm³/mol. The average molecular weight is 339 g/mol. The zero-order chi connectivity index (χ0) is 17.6. The minimum atomic E-state index is 0.467. The van der Waals surface area contributed by atoms with Crippen molar-refractivity contribution < 1.29 is 4.74 Å². The summed E-state index contributed by atoms with van der Waals surface area (Å²) in [5.41, 5.74) is 0.510. The summed E-state index contributed by atoms with van der Waals surface area (Å²) >= 11 is 0. The van der Waals surface area contributed by atoms with Crippen molar-refractivity contribution in [1.82, 2.24) is 10.2 Å². The van der Waals surface area contributed by atoms with Gasteiger partial charge in [-0.15, -0.1) is 0 Å². The van der Waals surface area contributed by atoms with E-state index in [1.807, 2.05) is 0 Å². The Morgan fingerprint density at radius 1 is 1.12 bits per heavy atom. The van der Waals surface area contributed by atoms with Gasteiger partial charge in [0.05, 0.1) is 6.10 Å². The van der Waals surface area contributed by atoms with Crippen molar-refractivity contribution in [1.29, 1.82) is 0 Å². The maximum atomic E-state index is 6.08. The first-order valence-corrected chi connectivity index (χ1v) is 10.4. The van der Waals surface area contributed by atoms with E-state index in [9.17, 15) is 0 Å².